The molecule has 1 aliphatic heterocycles. The van der Waals surface area contributed by atoms with Crippen molar-refractivity contribution in [2.75, 3.05) is 6.54 Å². The van der Waals surface area contributed by atoms with Gasteiger partial charge in [0.2, 0.25) is 0 Å². The van der Waals surface area contributed by atoms with Gasteiger partial charge in [-0.1, -0.05) is 12.1 Å². The second-order valence-electron chi connectivity index (χ2n) is 5.71. The van der Waals surface area contributed by atoms with Crippen LogP contribution in [0.5, 0.6) is 0 Å². The van der Waals surface area contributed by atoms with Gasteiger partial charge in [0.05, 0.1) is 21.1 Å². The van der Waals surface area contributed by atoms with E-state index in [1.165, 1.54) is 22.7 Å². The Labute approximate surface area is 146 Å². The van der Waals surface area contributed by atoms with Gasteiger partial charge in [0, 0.05) is 11.4 Å². The number of hydrogen-bond acceptors (Lipinski definition) is 5. The Balaban J connectivity index is 1.63. The second kappa shape index (κ2) is 5.99. The van der Waals surface area contributed by atoms with E-state index < -0.39 is 5.91 Å². The Bertz CT molecular complexity index is 898. The zero-order chi connectivity index (χ0) is 16.7. The molecule has 0 saturated carbocycles. The van der Waals surface area contributed by atoms with Crippen LogP contribution in [0.25, 0.3) is 10.2 Å². The number of likely N-dealkylation sites (tertiary alicyclic amines) is 1. The van der Waals surface area contributed by atoms with Gasteiger partial charge in [-0.3, -0.25) is 9.59 Å². The average Bonchev–Trinajstić information content (AvgIpc) is 3.30. The fraction of sp³-hybridized carbons (Fsp3) is 0.235. The quantitative estimate of drug-likeness (QED) is 0.780. The summed E-state index contributed by atoms with van der Waals surface area (Å²) >= 11 is 2.80. The molecule has 1 fully saturated rings. The Morgan fingerprint density at radius 1 is 1.17 bits per heavy atom. The first-order valence-corrected chi connectivity index (χ1v) is 9.33. The average molecular weight is 357 g/mol. The standard InChI is InChI=1S/C17H15N3O2S2/c18-15(21)14-8-7-13(23-14)11-5-3-9-20(11)17(22)16-19-10-4-1-2-6-12(10)24-16/h1-2,4,6-8,11H,3,5,9H2,(H2,18,21)/t11-/m1/s1. The third kappa shape index (κ3) is 2.59. The summed E-state index contributed by atoms with van der Waals surface area (Å²) in [7, 11) is 0. The van der Waals surface area contributed by atoms with Gasteiger partial charge >= 0.3 is 0 Å². The molecule has 24 heavy (non-hydrogen) atoms. The first kappa shape index (κ1) is 15.3. The number of fused-ring (bicyclic) bond motifs is 1. The van der Waals surface area contributed by atoms with Crippen LogP contribution in [-0.2, 0) is 0 Å². The number of nitrogens with two attached hydrogens (primary N) is 1. The highest BCUT2D eigenvalue weighted by Crippen LogP contribution is 2.37. The highest BCUT2D eigenvalue weighted by molar-refractivity contribution is 7.20. The molecule has 1 saturated heterocycles. The molecule has 1 aromatic carbocycles. The van der Waals surface area contributed by atoms with Crippen LogP contribution in [0, 0.1) is 0 Å². The van der Waals surface area contributed by atoms with Crippen molar-refractivity contribution in [3.05, 3.63) is 51.2 Å². The van der Waals surface area contributed by atoms with Gasteiger partial charge in [0.1, 0.15) is 0 Å². The Morgan fingerprint density at radius 3 is 2.75 bits per heavy atom. The summed E-state index contributed by atoms with van der Waals surface area (Å²) < 4.78 is 1.02. The summed E-state index contributed by atoms with van der Waals surface area (Å²) in [6.45, 7) is 0.712. The first-order chi connectivity index (χ1) is 11.6. The number of primary amides is 1. The lowest BCUT2D eigenvalue weighted by atomic mass is 10.2. The van der Waals surface area contributed by atoms with Gasteiger partial charge in [0.15, 0.2) is 5.01 Å². The maximum Gasteiger partial charge on any atom is 0.283 e. The highest BCUT2D eigenvalue weighted by atomic mass is 32.1. The zero-order valence-electron chi connectivity index (χ0n) is 12.8. The SMILES string of the molecule is NC(=O)c1ccc([C@H]2CCCN2C(=O)c2nc3ccccc3s2)s1. The molecule has 0 radical (unpaired) electrons. The number of rotatable bonds is 3. The van der Waals surface area contributed by atoms with E-state index in [4.69, 9.17) is 5.73 Å². The molecular weight excluding hydrogens is 342 g/mol. The van der Waals surface area contributed by atoms with Crippen LogP contribution >= 0.6 is 22.7 Å². The Morgan fingerprint density at radius 2 is 2.00 bits per heavy atom. The molecule has 5 nitrogen and oxygen atoms in total. The normalized spacial score (nSPS) is 17.5. The third-order valence-electron chi connectivity index (χ3n) is 4.19. The highest BCUT2D eigenvalue weighted by Gasteiger charge is 2.33. The van der Waals surface area contributed by atoms with E-state index in [-0.39, 0.29) is 11.9 Å². The van der Waals surface area contributed by atoms with E-state index in [1.54, 1.807) is 6.07 Å². The molecule has 0 aliphatic carbocycles. The summed E-state index contributed by atoms with van der Waals surface area (Å²) in [6.07, 6.45) is 1.85. The van der Waals surface area contributed by atoms with E-state index in [0.29, 0.717) is 16.4 Å². The molecule has 1 aliphatic rings. The van der Waals surface area contributed by atoms with Gasteiger partial charge < -0.3 is 10.6 Å². The van der Waals surface area contributed by atoms with Crippen LogP contribution in [-0.4, -0.2) is 28.2 Å². The maximum atomic E-state index is 12.9. The molecule has 3 heterocycles. The minimum Gasteiger partial charge on any atom is -0.365 e. The third-order valence-corrected chi connectivity index (χ3v) is 6.41. The van der Waals surface area contributed by atoms with Crippen LogP contribution in [0.3, 0.4) is 0 Å². The summed E-state index contributed by atoms with van der Waals surface area (Å²) in [6, 6.07) is 11.4. The molecule has 3 aromatic rings. The van der Waals surface area contributed by atoms with Crippen LogP contribution in [0.15, 0.2) is 36.4 Å². The van der Waals surface area contributed by atoms with Crippen molar-refractivity contribution in [3.63, 3.8) is 0 Å². The van der Waals surface area contributed by atoms with E-state index in [2.05, 4.69) is 4.98 Å². The lowest BCUT2D eigenvalue weighted by molar-refractivity contribution is 0.0737. The Kier molecular flexibility index (Phi) is 3.82. The van der Waals surface area contributed by atoms with Gasteiger partial charge in [-0.05, 0) is 37.1 Å². The van der Waals surface area contributed by atoms with E-state index in [9.17, 15) is 9.59 Å². The molecular formula is C17H15N3O2S2. The van der Waals surface area contributed by atoms with E-state index in [1.807, 2.05) is 35.2 Å². The van der Waals surface area contributed by atoms with Crippen molar-refractivity contribution >= 4 is 44.7 Å². The number of carbonyl (C=O) groups excluding carboxylic acids is 2. The van der Waals surface area contributed by atoms with Crippen LogP contribution in [0.1, 0.15) is 43.2 Å². The van der Waals surface area contributed by atoms with Crippen molar-refractivity contribution in [2.24, 2.45) is 5.73 Å². The second-order valence-corrected chi connectivity index (χ2v) is 7.86. The van der Waals surface area contributed by atoms with Gasteiger partial charge in [-0.15, -0.1) is 22.7 Å². The molecule has 1 atom stereocenters. The number of nitrogens with zero attached hydrogens (tertiary/aromatic N) is 2. The number of aromatic nitrogens is 1. The molecule has 2 aromatic heterocycles. The van der Waals surface area contributed by atoms with Gasteiger partial charge in [-0.25, -0.2) is 4.98 Å². The number of thiazole rings is 1. The molecule has 0 unspecified atom stereocenters. The largest absolute Gasteiger partial charge is 0.365 e. The molecule has 2 amide bonds. The van der Waals surface area contributed by atoms with Crippen molar-refractivity contribution < 1.29 is 9.59 Å². The molecule has 7 heteroatoms. The topological polar surface area (TPSA) is 76.3 Å². The predicted octanol–water partition coefficient (Wildman–Crippen LogP) is 3.43. The monoisotopic (exact) mass is 357 g/mol. The van der Waals surface area contributed by atoms with E-state index in [0.717, 1.165) is 27.9 Å². The van der Waals surface area contributed by atoms with Crippen molar-refractivity contribution in [3.8, 4) is 0 Å². The first-order valence-electron chi connectivity index (χ1n) is 7.69. The zero-order valence-corrected chi connectivity index (χ0v) is 14.4. The summed E-state index contributed by atoms with van der Waals surface area (Å²) in [5.74, 6) is -0.457. The maximum absolute atomic E-state index is 12.9. The van der Waals surface area contributed by atoms with Crippen LogP contribution in [0.4, 0.5) is 0 Å². The molecule has 0 bridgehead atoms. The summed E-state index contributed by atoms with van der Waals surface area (Å²) in [5.41, 5.74) is 6.19. The van der Waals surface area contributed by atoms with Gasteiger partial charge in [0.25, 0.3) is 11.8 Å². The van der Waals surface area contributed by atoms with E-state index >= 15 is 0 Å². The number of thiophene rings is 1. The summed E-state index contributed by atoms with van der Waals surface area (Å²) in [4.78, 5) is 32.1. The lowest BCUT2D eigenvalue weighted by Gasteiger charge is -2.22. The molecule has 4 rings (SSSR count). The number of hydrogen-bond donors (Lipinski definition) is 1. The van der Waals surface area contributed by atoms with Gasteiger partial charge in [-0.2, -0.15) is 0 Å². The number of amides is 2. The molecule has 122 valence electrons. The Hall–Kier alpha value is -2.25. The van der Waals surface area contributed by atoms with Crippen molar-refractivity contribution in [2.45, 2.75) is 18.9 Å². The minimum atomic E-state index is -0.423. The number of carbonyl (C=O) groups is 2. The predicted molar refractivity (Wildman–Crippen MR) is 95.5 cm³/mol. The fourth-order valence-electron chi connectivity index (χ4n) is 3.06. The smallest absolute Gasteiger partial charge is 0.283 e. The number of benzene rings is 1. The van der Waals surface area contributed by atoms with Crippen LogP contribution < -0.4 is 5.73 Å². The minimum absolute atomic E-state index is 0.00242. The summed E-state index contributed by atoms with van der Waals surface area (Å²) in [5, 5.41) is 0.523. The van der Waals surface area contributed by atoms with Crippen molar-refractivity contribution in [1.29, 1.82) is 0 Å². The molecule has 0 spiro atoms. The fourth-order valence-corrected chi connectivity index (χ4v) is 4.99. The number of para-hydroxylation sites is 1. The lowest BCUT2D eigenvalue weighted by Crippen LogP contribution is -2.30. The van der Waals surface area contributed by atoms with Crippen LogP contribution in [0.2, 0.25) is 0 Å². The van der Waals surface area contributed by atoms with Crippen molar-refractivity contribution in [1.82, 2.24) is 9.88 Å². The molecule has 2 N–H and O–H groups in total.